The molecule has 0 aromatic carbocycles. The third-order valence-corrected chi connectivity index (χ3v) is 2.58. The second-order valence-corrected chi connectivity index (χ2v) is 3.52. The van der Waals surface area contributed by atoms with Crippen molar-refractivity contribution in [2.45, 2.75) is 6.54 Å². The van der Waals surface area contributed by atoms with Gasteiger partial charge in [0, 0.05) is 12.7 Å². The summed E-state index contributed by atoms with van der Waals surface area (Å²) in [6.07, 6.45) is 1.64. The molecule has 2 aromatic rings. The molecular formula is C10H9N3O. The highest BCUT2D eigenvalue weighted by atomic mass is 16.2. The quantitative estimate of drug-likeness (QED) is 0.615. The Morgan fingerprint density at radius 2 is 2.29 bits per heavy atom. The molecule has 0 spiro atoms. The maximum Gasteiger partial charge on any atom is 0.272 e. The highest BCUT2D eigenvalue weighted by Crippen LogP contribution is 2.18. The third-order valence-electron chi connectivity index (χ3n) is 2.58. The van der Waals surface area contributed by atoms with Crippen LogP contribution in [0.25, 0.3) is 5.65 Å². The highest BCUT2D eigenvalue weighted by molar-refractivity contribution is 5.94. The van der Waals surface area contributed by atoms with Crippen molar-refractivity contribution in [1.82, 2.24) is 14.3 Å². The van der Waals surface area contributed by atoms with E-state index in [1.807, 2.05) is 22.6 Å². The molecule has 1 aliphatic heterocycles. The van der Waals surface area contributed by atoms with E-state index in [9.17, 15) is 4.79 Å². The van der Waals surface area contributed by atoms with Gasteiger partial charge in [0.1, 0.15) is 11.3 Å². The van der Waals surface area contributed by atoms with E-state index in [0.717, 1.165) is 11.3 Å². The molecular weight excluding hydrogens is 178 g/mol. The summed E-state index contributed by atoms with van der Waals surface area (Å²) in [6, 6.07) is 5.89. The van der Waals surface area contributed by atoms with E-state index in [0.29, 0.717) is 12.2 Å². The molecule has 2 aromatic heterocycles. The molecule has 0 unspecified atom stereocenters. The van der Waals surface area contributed by atoms with Gasteiger partial charge in [0.2, 0.25) is 0 Å². The van der Waals surface area contributed by atoms with Gasteiger partial charge >= 0.3 is 0 Å². The molecule has 0 bridgehead atoms. The zero-order valence-electron chi connectivity index (χ0n) is 7.77. The summed E-state index contributed by atoms with van der Waals surface area (Å²) in [5.41, 5.74) is 2.61. The van der Waals surface area contributed by atoms with Crippen molar-refractivity contribution in [2.24, 2.45) is 0 Å². The minimum absolute atomic E-state index is 0.0381. The summed E-state index contributed by atoms with van der Waals surface area (Å²) >= 11 is 0. The predicted octanol–water partition coefficient (Wildman–Crippen LogP) is 0.920. The molecule has 0 saturated heterocycles. The number of aromatic nitrogens is 2. The number of hydrogen-bond acceptors (Lipinski definition) is 2. The number of carbonyl (C=O) groups excluding carboxylic acids is 1. The zero-order valence-corrected chi connectivity index (χ0v) is 7.77. The molecule has 0 fully saturated rings. The monoisotopic (exact) mass is 187 g/mol. The molecule has 0 N–H and O–H groups in total. The number of rotatable bonds is 0. The van der Waals surface area contributed by atoms with Crippen LogP contribution in [0, 0.1) is 0 Å². The number of pyridine rings is 1. The summed E-state index contributed by atoms with van der Waals surface area (Å²) in [4.78, 5) is 17.6. The fourth-order valence-corrected chi connectivity index (χ4v) is 1.89. The molecule has 1 amide bonds. The van der Waals surface area contributed by atoms with Crippen molar-refractivity contribution in [1.29, 1.82) is 0 Å². The van der Waals surface area contributed by atoms with Crippen molar-refractivity contribution in [3.8, 4) is 0 Å². The molecule has 3 heterocycles. The van der Waals surface area contributed by atoms with Gasteiger partial charge in [-0.3, -0.25) is 9.20 Å². The molecule has 0 aliphatic carbocycles. The first-order chi connectivity index (χ1) is 6.77. The summed E-state index contributed by atoms with van der Waals surface area (Å²) in [5, 5.41) is 0. The van der Waals surface area contributed by atoms with Crippen LogP contribution in [0.2, 0.25) is 0 Å². The molecule has 1 aliphatic rings. The molecule has 0 radical (unpaired) electrons. The van der Waals surface area contributed by atoms with Gasteiger partial charge in [0.15, 0.2) is 0 Å². The lowest BCUT2D eigenvalue weighted by Gasteiger charge is -2.23. The Balaban J connectivity index is 2.44. The zero-order chi connectivity index (χ0) is 9.71. The van der Waals surface area contributed by atoms with Gasteiger partial charge in [-0.15, -0.1) is 0 Å². The molecule has 14 heavy (non-hydrogen) atoms. The number of amides is 1. The lowest BCUT2D eigenvalue weighted by molar-refractivity contribution is 0.0759. The minimum atomic E-state index is 0.0381. The van der Waals surface area contributed by atoms with Crippen LogP contribution in [-0.2, 0) is 6.54 Å². The first kappa shape index (κ1) is 7.55. The Kier molecular flexibility index (Phi) is 1.27. The minimum Gasteiger partial charge on any atom is -0.335 e. The first-order valence-corrected chi connectivity index (χ1v) is 4.48. The maximum absolute atomic E-state index is 11.7. The Hall–Kier alpha value is -1.84. The largest absolute Gasteiger partial charge is 0.335 e. The summed E-state index contributed by atoms with van der Waals surface area (Å²) in [5.74, 6) is 0.0381. The van der Waals surface area contributed by atoms with E-state index in [4.69, 9.17) is 0 Å². The predicted molar refractivity (Wildman–Crippen MR) is 51.0 cm³/mol. The van der Waals surface area contributed by atoms with Crippen LogP contribution in [0.4, 0.5) is 0 Å². The van der Waals surface area contributed by atoms with Crippen molar-refractivity contribution >= 4 is 11.6 Å². The Labute approximate surface area is 80.8 Å². The van der Waals surface area contributed by atoms with E-state index in [2.05, 4.69) is 4.98 Å². The highest BCUT2D eigenvalue weighted by Gasteiger charge is 2.23. The summed E-state index contributed by atoms with van der Waals surface area (Å²) in [6.45, 7) is 0.652. The molecule has 4 heteroatoms. The molecule has 0 saturated carbocycles. The van der Waals surface area contributed by atoms with Crippen LogP contribution in [-0.4, -0.2) is 27.2 Å². The molecule has 3 rings (SSSR count). The number of carbonyl (C=O) groups is 1. The van der Waals surface area contributed by atoms with E-state index >= 15 is 0 Å². The van der Waals surface area contributed by atoms with Gasteiger partial charge in [0.05, 0.1) is 12.7 Å². The Morgan fingerprint density at radius 1 is 1.43 bits per heavy atom. The molecule has 70 valence electrons. The van der Waals surface area contributed by atoms with Crippen molar-refractivity contribution in [2.75, 3.05) is 7.05 Å². The van der Waals surface area contributed by atoms with Crippen molar-refractivity contribution in [3.05, 3.63) is 35.8 Å². The third kappa shape index (κ3) is 0.775. The lowest BCUT2D eigenvalue weighted by atomic mass is 10.2. The van der Waals surface area contributed by atoms with E-state index in [1.165, 1.54) is 0 Å². The first-order valence-electron chi connectivity index (χ1n) is 4.48. The van der Waals surface area contributed by atoms with E-state index < -0.39 is 0 Å². The summed E-state index contributed by atoms with van der Waals surface area (Å²) in [7, 11) is 1.80. The maximum atomic E-state index is 11.7. The lowest BCUT2D eigenvalue weighted by Crippen LogP contribution is -2.32. The van der Waals surface area contributed by atoms with Gasteiger partial charge in [0.25, 0.3) is 5.91 Å². The van der Waals surface area contributed by atoms with Crippen LogP contribution in [0.3, 0.4) is 0 Å². The van der Waals surface area contributed by atoms with Gasteiger partial charge in [-0.1, -0.05) is 6.07 Å². The van der Waals surface area contributed by atoms with Crippen LogP contribution in [0.5, 0.6) is 0 Å². The van der Waals surface area contributed by atoms with E-state index in [1.54, 1.807) is 18.1 Å². The topological polar surface area (TPSA) is 37.6 Å². The molecule has 4 nitrogen and oxygen atoms in total. The Bertz CT molecular complexity index is 529. The van der Waals surface area contributed by atoms with E-state index in [-0.39, 0.29) is 5.91 Å². The second-order valence-electron chi connectivity index (χ2n) is 3.52. The number of imidazole rings is 1. The van der Waals surface area contributed by atoms with Crippen LogP contribution in [0.1, 0.15) is 16.2 Å². The smallest absolute Gasteiger partial charge is 0.272 e. The van der Waals surface area contributed by atoms with Crippen LogP contribution < -0.4 is 0 Å². The summed E-state index contributed by atoms with van der Waals surface area (Å²) < 4.78 is 1.92. The second kappa shape index (κ2) is 2.35. The molecule has 0 atom stereocenters. The van der Waals surface area contributed by atoms with Gasteiger partial charge in [-0.25, -0.2) is 4.98 Å². The standard InChI is InChI=1S/C10H9N3O/c1-12-6-7-3-2-4-9-11-5-8(10(12)14)13(7)9/h2-5H,6H2,1H3. The normalized spacial score (nSPS) is 15.2. The van der Waals surface area contributed by atoms with Crippen LogP contribution >= 0.6 is 0 Å². The SMILES string of the molecule is CN1Cc2cccc3ncc(n23)C1=O. The fraction of sp³-hybridized carbons (Fsp3) is 0.200. The average Bonchev–Trinajstić information content (AvgIpc) is 2.60. The van der Waals surface area contributed by atoms with Crippen molar-refractivity contribution < 1.29 is 4.79 Å². The average molecular weight is 187 g/mol. The number of hydrogen-bond donors (Lipinski definition) is 0. The fourth-order valence-electron chi connectivity index (χ4n) is 1.89. The van der Waals surface area contributed by atoms with Crippen molar-refractivity contribution in [3.63, 3.8) is 0 Å². The van der Waals surface area contributed by atoms with Crippen LogP contribution in [0.15, 0.2) is 24.4 Å². The van der Waals surface area contributed by atoms with Gasteiger partial charge in [-0.05, 0) is 12.1 Å². The van der Waals surface area contributed by atoms with Gasteiger partial charge in [-0.2, -0.15) is 0 Å². The number of nitrogens with zero attached hydrogens (tertiary/aromatic N) is 3. The van der Waals surface area contributed by atoms with Gasteiger partial charge < -0.3 is 4.90 Å². The Morgan fingerprint density at radius 3 is 3.14 bits per heavy atom.